The molecule has 0 radical (unpaired) electrons. The van der Waals surface area contributed by atoms with E-state index < -0.39 is 83.9 Å². The number of alkyl halides is 3. The van der Waals surface area contributed by atoms with Crippen LogP contribution in [0.2, 0.25) is 10.0 Å². The first-order valence-corrected chi connectivity index (χ1v) is 17.0. The molecule has 2 atom stereocenters. The van der Waals surface area contributed by atoms with E-state index in [0.29, 0.717) is 30.0 Å². The minimum absolute atomic E-state index is 0.00573. The Morgan fingerprint density at radius 2 is 1.83 bits per heavy atom. The molecule has 0 aliphatic carbocycles. The Labute approximate surface area is 249 Å². The fraction of sp³-hybridized carbons (Fsp3) is 0.440. The predicted molar refractivity (Wildman–Crippen MR) is 154 cm³/mol. The summed E-state index contributed by atoms with van der Waals surface area (Å²) in [7, 11) is -7.64. The summed E-state index contributed by atoms with van der Waals surface area (Å²) in [5.41, 5.74) is -4.33. The second kappa shape index (κ2) is 11.9. The lowest BCUT2D eigenvalue weighted by atomic mass is 9.94. The second-order valence-electron chi connectivity index (χ2n) is 10.0. The first-order valence-electron chi connectivity index (χ1n) is 12.7. The smallest absolute Gasteiger partial charge is 0.312 e. The molecular weight excluding hydrogens is 644 g/mol. The fourth-order valence-corrected chi connectivity index (χ4v) is 7.54. The molecule has 3 N–H and O–H groups in total. The van der Waals surface area contributed by atoms with E-state index in [0.717, 1.165) is 6.26 Å². The minimum Gasteiger partial charge on any atom is -0.312 e. The van der Waals surface area contributed by atoms with Gasteiger partial charge >= 0.3 is 11.9 Å². The molecule has 0 saturated carbocycles. The van der Waals surface area contributed by atoms with Crippen LogP contribution in [0.25, 0.3) is 10.9 Å². The SMILES string of the molecule is CCS(=O)(=O)c1ccc(Cl)cc1Cn1c(=O)[nH]c2c(Cl)c(C[C@H](NS(C)(=O)=O)C3CCCN3)c(C(F)(F)F)cc2c1=O. The lowest BCUT2D eigenvalue weighted by Crippen LogP contribution is -2.48. The van der Waals surface area contributed by atoms with Gasteiger partial charge in [-0.05, 0) is 61.2 Å². The minimum atomic E-state index is -5.01. The van der Waals surface area contributed by atoms with Crippen LogP contribution in [0.15, 0.2) is 38.8 Å². The molecule has 3 aromatic rings. The number of rotatable bonds is 9. The number of hydrogen-bond acceptors (Lipinski definition) is 7. The third kappa shape index (κ3) is 6.86. The van der Waals surface area contributed by atoms with Gasteiger partial charge in [0.15, 0.2) is 9.84 Å². The van der Waals surface area contributed by atoms with Gasteiger partial charge in [-0.3, -0.25) is 9.36 Å². The first-order chi connectivity index (χ1) is 19.4. The van der Waals surface area contributed by atoms with Gasteiger partial charge in [0.2, 0.25) is 10.0 Å². The van der Waals surface area contributed by atoms with Crippen molar-refractivity contribution < 1.29 is 30.0 Å². The van der Waals surface area contributed by atoms with Gasteiger partial charge in [0, 0.05) is 17.1 Å². The number of nitrogens with one attached hydrogen (secondary N) is 3. The molecule has 230 valence electrons. The maximum atomic E-state index is 14.4. The molecule has 1 unspecified atom stereocenters. The van der Waals surface area contributed by atoms with Crippen molar-refractivity contribution in [1.82, 2.24) is 19.6 Å². The van der Waals surface area contributed by atoms with E-state index in [4.69, 9.17) is 23.2 Å². The largest absolute Gasteiger partial charge is 0.416 e. The topological polar surface area (TPSA) is 147 Å². The number of fused-ring (bicyclic) bond motifs is 1. The van der Waals surface area contributed by atoms with E-state index in [1.54, 1.807) is 0 Å². The standard InChI is InChI=1S/C25H27Cl2F3N4O6S2/c1-3-42(39,40)20-7-6-14(26)9-13(20)12-34-23(35)16-10-17(25(28,29)30)15(21(27)22(16)32-24(34)36)11-19(33-41(2,37)38)18-5-4-8-31-18/h6-7,9-10,18-19,31,33H,3-5,8,11-12H2,1-2H3,(H,32,36)/t18?,19-/m0/s1. The van der Waals surface area contributed by atoms with Crippen molar-refractivity contribution >= 4 is 54.0 Å². The quantitative estimate of drug-likeness (QED) is 0.317. The molecule has 0 bridgehead atoms. The van der Waals surface area contributed by atoms with E-state index in [9.17, 15) is 39.6 Å². The lowest BCUT2D eigenvalue weighted by Gasteiger charge is -2.26. The van der Waals surface area contributed by atoms with Crippen LogP contribution in [0.5, 0.6) is 0 Å². The molecular formula is C25H27Cl2F3N4O6S2. The van der Waals surface area contributed by atoms with Crippen molar-refractivity contribution in [2.24, 2.45) is 0 Å². The van der Waals surface area contributed by atoms with Crippen molar-refractivity contribution in [2.45, 2.75) is 55.9 Å². The Morgan fingerprint density at radius 3 is 2.40 bits per heavy atom. The van der Waals surface area contributed by atoms with Gasteiger partial charge in [0.1, 0.15) is 0 Å². The van der Waals surface area contributed by atoms with E-state index in [-0.39, 0.29) is 26.8 Å². The average Bonchev–Trinajstić information content (AvgIpc) is 3.41. The van der Waals surface area contributed by atoms with Gasteiger partial charge in [-0.1, -0.05) is 30.1 Å². The predicted octanol–water partition coefficient (Wildman–Crippen LogP) is 3.07. The molecule has 0 spiro atoms. The summed E-state index contributed by atoms with van der Waals surface area (Å²) in [5, 5.41) is 2.06. The van der Waals surface area contributed by atoms with Gasteiger partial charge in [-0.2, -0.15) is 13.2 Å². The maximum absolute atomic E-state index is 14.4. The van der Waals surface area contributed by atoms with Gasteiger partial charge in [-0.25, -0.2) is 26.4 Å². The zero-order valence-electron chi connectivity index (χ0n) is 22.3. The molecule has 2 heterocycles. The van der Waals surface area contributed by atoms with Crippen LogP contribution < -0.4 is 21.3 Å². The van der Waals surface area contributed by atoms with Gasteiger partial charge < -0.3 is 10.3 Å². The Balaban J connectivity index is 1.91. The van der Waals surface area contributed by atoms with Crippen LogP contribution in [0.4, 0.5) is 13.2 Å². The van der Waals surface area contributed by atoms with Gasteiger partial charge in [-0.15, -0.1) is 0 Å². The molecule has 1 aromatic heterocycles. The molecule has 0 amide bonds. The Morgan fingerprint density at radius 1 is 1.14 bits per heavy atom. The van der Waals surface area contributed by atoms with E-state index in [2.05, 4.69) is 15.0 Å². The van der Waals surface area contributed by atoms with Crippen molar-refractivity contribution in [1.29, 1.82) is 0 Å². The van der Waals surface area contributed by atoms with Crippen LogP contribution in [0.1, 0.15) is 36.5 Å². The van der Waals surface area contributed by atoms with Crippen LogP contribution in [0.3, 0.4) is 0 Å². The number of aromatic nitrogens is 2. The van der Waals surface area contributed by atoms with Crippen LogP contribution >= 0.6 is 23.2 Å². The molecule has 2 aromatic carbocycles. The highest BCUT2D eigenvalue weighted by molar-refractivity contribution is 7.91. The molecule has 4 rings (SSSR count). The second-order valence-corrected chi connectivity index (χ2v) is 14.9. The van der Waals surface area contributed by atoms with Crippen LogP contribution in [-0.4, -0.2) is 57.0 Å². The summed E-state index contributed by atoms with van der Waals surface area (Å²) < 4.78 is 95.3. The highest BCUT2D eigenvalue weighted by Gasteiger charge is 2.38. The first kappa shape index (κ1) is 32.5. The number of nitrogens with zero attached hydrogens (tertiary/aromatic N) is 1. The summed E-state index contributed by atoms with van der Waals surface area (Å²) in [6.07, 6.45) is -3.42. The average molecular weight is 672 g/mol. The summed E-state index contributed by atoms with van der Waals surface area (Å²) in [6, 6.07) is 2.88. The monoisotopic (exact) mass is 670 g/mol. The number of sulfonamides is 1. The number of halogens is 5. The Bertz CT molecular complexity index is 1870. The van der Waals surface area contributed by atoms with Gasteiger partial charge in [0.25, 0.3) is 5.56 Å². The molecule has 1 fully saturated rings. The lowest BCUT2D eigenvalue weighted by molar-refractivity contribution is -0.138. The van der Waals surface area contributed by atoms with E-state index in [1.165, 1.54) is 25.1 Å². The third-order valence-electron chi connectivity index (χ3n) is 7.07. The maximum Gasteiger partial charge on any atom is 0.416 e. The Hall–Kier alpha value is -2.43. The fourth-order valence-electron chi connectivity index (χ4n) is 5.11. The number of hydrogen-bond donors (Lipinski definition) is 3. The number of benzene rings is 2. The highest BCUT2D eigenvalue weighted by atomic mass is 35.5. The van der Waals surface area contributed by atoms with Crippen molar-refractivity contribution in [3.63, 3.8) is 0 Å². The molecule has 17 heteroatoms. The number of H-pyrrole nitrogens is 1. The molecule has 1 aliphatic heterocycles. The van der Waals surface area contributed by atoms with E-state index >= 15 is 0 Å². The molecule has 1 saturated heterocycles. The van der Waals surface area contributed by atoms with Crippen LogP contribution in [-0.2, 0) is 39.0 Å². The summed E-state index contributed by atoms with van der Waals surface area (Å²) in [6.45, 7) is 1.35. The summed E-state index contributed by atoms with van der Waals surface area (Å²) in [4.78, 5) is 28.7. The van der Waals surface area contributed by atoms with Crippen molar-refractivity contribution in [3.05, 3.63) is 71.8 Å². The molecule has 42 heavy (non-hydrogen) atoms. The summed E-state index contributed by atoms with van der Waals surface area (Å²) >= 11 is 12.5. The zero-order valence-corrected chi connectivity index (χ0v) is 25.5. The summed E-state index contributed by atoms with van der Waals surface area (Å²) in [5.74, 6) is -0.288. The van der Waals surface area contributed by atoms with Crippen molar-refractivity contribution in [2.75, 3.05) is 18.6 Å². The van der Waals surface area contributed by atoms with Gasteiger partial charge in [0.05, 0.1) is 44.9 Å². The number of aromatic amines is 1. The normalized spacial score (nSPS) is 17.2. The number of sulfone groups is 1. The Kier molecular flexibility index (Phi) is 9.22. The molecule has 10 nitrogen and oxygen atoms in total. The highest BCUT2D eigenvalue weighted by Crippen LogP contribution is 2.39. The van der Waals surface area contributed by atoms with Crippen LogP contribution in [0, 0.1) is 0 Å². The van der Waals surface area contributed by atoms with E-state index in [1.807, 2.05) is 0 Å². The third-order valence-corrected chi connectivity index (χ3v) is 10.3. The zero-order chi connectivity index (χ0) is 31.2. The van der Waals surface area contributed by atoms with Crippen molar-refractivity contribution in [3.8, 4) is 0 Å². The molecule has 1 aliphatic rings.